The first kappa shape index (κ1) is 24.9. The van der Waals surface area contributed by atoms with E-state index in [2.05, 4.69) is 5.32 Å². The van der Waals surface area contributed by atoms with Gasteiger partial charge in [0.05, 0.1) is 16.8 Å². The fraction of sp³-hybridized carbons (Fsp3) is 0.360. The molecule has 1 saturated carbocycles. The van der Waals surface area contributed by atoms with Gasteiger partial charge in [-0.3, -0.25) is 4.90 Å². The molecule has 1 aliphatic rings. The van der Waals surface area contributed by atoms with Gasteiger partial charge in [-0.05, 0) is 49.9 Å². The first-order valence-electron chi connectivity index (χ1n) is 11.3. The normalized spacial score (nSPS) is 18.3. The number of carbonyl (C=O) groups is 1. The van der Waals surface area contributed by atoms with E-state index in [1.165, 1.54) is 12.1 Å². The number of aromatic nitrogens is 1. The molecule has 2 aromatic carbocycles. The maximum absolute atomic E-state index is 13.7. The molecular weight excluding hydrogens is 479 g/mol. The minimum atomic E-state index is -4.67. The molecule has 1 aliphatic carbocycles. The number of benzene rings is 2. The van der Waals surface area contributed by atoms with Crippen LogP contribution in [0, 0.1) is 0 Å². The number of nitrogens with zero attached hydrogens (tertiary/aromatic N) is 3. The Morgan fingerprint density at radius 1 is 1.06 bits per heavy atom. The Balaban J connectivity index is 1.52. The largest absolute Gasteiger partial charge is 0.418 e. The molecule has 2 amide bonds. The summed E-state index contributed by atoms with van der Waals surface area (Å²) in [4.78, 5) is 20.1. The fourth-order valence-electron chi connectivity index (χ4n) is 4.73. The lowest BCUT2D eigenvalue weighted by atomic mass is 9.89. The van der Waals surface area contributed by atoms with Crippen molar-refractivity contribution >= 4 is 45.7 Å². The molecule has 0 unspecified atom stereocenters. The molecule has 1 aromatic heterocycles. The van der Waals surface area contributed by atoms with Crippen LogP contribution in [0.15, 0.2) is 48.5 Å². The zero-order chi connectivity index (χ0) is 25.3. The maximum atomic E-state index is 13.7. The Morgan fingerprint density at radius 3 is 2.37 bits per heavy atom. The molecule has 0 saturated heterocycles. The number of hydrogen-bond donors (Lipinski definition) is 2. The number of rotatable bonds is 5. The van der Waals surface area contributed by atoms with Crippen LogP contribution < -0.4 is 20.9 Å². The summed E-state index contributed by atoms with van der Waals surface area (Å²) >= 11 is 5.80. The van der Waals surface area contributed by atoms with Crippen LogP contribution in [0.2, 0.25) is 5.02 Å². The lowest BCUT2D eigenvalue weighted by Gasteiger charge is -2.37. The van der Waals surface area contributed by atoms with Gasteiger partial charge in [0.25, 0.3) is 0 Å². The lowest BCUT2D eigenvalue weighted by molar-refractivity contribution is -0.137. The average Bonchev–Trinajstić information content (AvgIpc) is 2.80. The summed E-state index contributed by atoms with van der Waals surface area (Å²) in [5.41, 5.74) is 6.23. The van der Waals surface area contributed by atoms with E-state index in [0.717, 1.165) is 33.4 Å². The van der Waals surface area contributed by atoms with E-state index in [4.69, 9.17) is 22.3 Å². The molecule has 0 radical (unpaired) electrons. The molecule has 0 bridgehead atoms. The van der Waals surface area contributed by atoms with Crippen molar-refractivity contribution in [1.29, 1.82) is 0 Å². The zero-order valence-corrected chi connectivity index (χ0v) is 20.2. The molecule has 35 heavy (non-hydrogen) atoms. The summed E-state index contributed by atoms with van der Waals surface area (Å²) in [7, 11) is 3.95. The highest BCUT2D eigenvalue weighted by Gasteiger charge is 2.38. The van der Waals surface area contributed by atoms with Crippen LogP contribution in [0.25, 0.3) is 10.9 Å². The second-order valence-electron chi connectivity index (χ2n) is 8.96. The minimum Gasteiger partial charge on any atom is -0.377 e. The van der Waals surface area contributed by atoms with Gasteiger partial charge in [-0.1, -0.05) is 29.8 Å². The maximum Gasteiger partial charge on any atom is 0.418 e. The van der Waals surface area contributed by atoms with Crippen LogP contribution in [-0.2, 0) is 6.18 Å². The number of pyridine rings is 1. The number of fused-ring (bicyclic) bond motifs is 1. The van der Waals surface area contributed by atoms with Crippen LogP contribution in [0.3, 0.4) is 0 Å². The van der Waals surface area contributed by atoms with Crippen molar-refractivity contribution in [3.8, 4) is 0 Å². The molecule has 0 spiro atoms. The molecular formula is C25H27ClF3N5O. The topological polar surface area (TPSA) is 74.5 Å². The fourth-order valence-corrected chi connectivity index (χ4v) is 4.90. The summed E-state index contributed by atoms with van der Waals surface area (Å²) in [6, 6.07) is 12.0. The van der Waals surface area contributed by atoms with Crippen LogP contribution in [0.4, 0.5) is 35.2 Å². The monoisotopic (exact) mass is 505 g/mol. The van der Waals surface area contributed by atoms with Gasteiger partial charge in [-0.2, -0.15) is 13.2 Å². The van der Waals surface area contributed by atoms with Crippen molar-refractivity contribution in [2.45, 2.75) is 43.9 Å². The zero-order valence-electron chi connectivity index (χ0n) is 19.4. The summed E-state index contributed by atoms with van der Waals surface area (Å²) < 4.78 is 41.0. The summed E-state index contributed by atoms with van der Waals surface area (Å²) in [5, 5.41) is 4.46. The number of nitrogens with one attached hydrogen (secondary N) is 1. The quantitative estimate of drug-likeness (QED) is 0.428. The molecule has 10 heteroatoms. The van der Waals surface area contributed by atoms with E-state index in [-0.39, 0.29) is 16.8 Å². The predicted octanol–water partition coefficient (Wildman–Crippen LogP) is 6.28. The lowest BCUT2D eigenvalue weighted by Crippen LogP contribution is -2.47. The Bertz CT molecular complexity index is 1230. The molecule has 4 rings (SSSR count). The van der Waals surface area contributed by atoms with E-state index >= 15 is 0 Å². The van der Waals surface area contributed by atoms with Crippen LogP contribution in [0.1, 0.15) is 31.2 Å². The van der Waals surface area contributed by atoms with Gasteiger partial charge in [0.15, 0.2) is 0 Å². The smallest absolute Gasteiger partial charge is 0.377 e. The van der Waals surface area contributed by atoms with Gasteiger partial charge >= 0.3 is 12.2 Å². The number of nitrogens with two attached hydrogens (primary N) is 1. The van der Waals surface area contributed by atoms with Crippen molar-refractivity contribution in [2.24, 2.45) is 5.73 Å². The third-order valence-electron chi connectivity index (χ3n) is 6.35. The number of primary amides is 1. The van der Waals surface area contributed by atoms with Crippen molar-refractivity contribution in [2.75, 3.05) is 29.2 Å². The molecule has 1 heterocycles. The minimum absolute atomic E-state index is 0.0571. The van der Waals surface area contributed by atoms with E-state index < -0.39 is 23.8 Å². The number of alkyl halides is 3. The van der Waals surface area contributed by atoms with Crippen molar-refractivity contribution in [3.63, 3.8) is 0 Å². The SMILES string of the molecule is CN(C)c1cc(NC2CCC(N(C(N)=O)c3ccc(Cl)cc3C(F)(F)F)CC2)nc2ccccc12. The van der Waals surface area contributed by atoms with Gasteiger partial charge in [0.1, 0.15) is 5.82 Å². The second-order valence-corrected chi connectivity index (χ2v) is 9.39. The number of urea groups is 1. The highest BCUT2D eigenvalue weighted by Crippen LogP contribution is 2.40. The summed E-state index contributed by atoms with van der Waals surface area (Å²) in [5.74, 6) is 0.736. The molecule has 3 N–H and O–H groups in total. The molecule has 0 aliphatic heterocycles. The molecule has 0 atom stereocenters. The summed E-state index contributed by atoms with van der Waals surface area (Å²) in [6.07, 6.45) is -2.38. The third-order valence-corrected chi connectivity index (χ3v) is 6.59. The Kier molecular flexibility index (Phi) is 6.98. The number of para-hydroxylation sites is 1. The van der Waals surface area contributed by atoms with E-state index in [1.807, 2.05) is 49.3 Å². The highest BCUT2D eigenvalue weighted by molar-refractivity contribution is 6.30. The highest BCUT2D eigenvalue weighted by atomic mass is 35.5. The predicted molar refractivity (Wildman–Crippen MR) is 134 cm³/mol. The second kappa shape index (κ2) is 9.81. The standard InChI is InChI=1S/C25H27ClF3N5O/c1-33(2)22-14-23(32-20-6-4-3-5-18(20)22)31-16-8-10-17(11-9-16)34(24(30)35)21-12-7-15(26)13-19(21)25(27,28)29/h3-7,12-14,16-17H,8-11H2,1-2H3,(H2,30,35)(H,31,32). The first-order valence-corrected chi connectivity index (χ1v) is 11.7. The number of amides is 2. The van der Waals surface area contributed by atoms with Gasteiger partial charge in [-0.15, -0.1) is 0 Å². The Morgan fingerprint density at radius 2 is 1.74 bits per heavy atom. The Hall–Kier alpha value is -3.20. The molecule has 186 valence electrons. The first-order chi connectivity index (χ1) is 16.5. The number of hydrogen-bond acceptors (Lipinski definition) is 4. The van der Waals surface area contributed by atoms with Gasteiger partial charge < -0.3 is 16.0 Å². The van der Waals surface area contributed by atoms with E-state index in [1.54, 1.807) is 0 Å². The van der Waals surface area contributed by atoms with Crippen molar-refractivity contribution < 1.29 is 18.0 Å². The van der Waals surface area contributed by atoms with Gasteiger partial charge in [0, 0.05) is 48.3 Å². The Labute approximate surface area is 206 Å². The third kappa shape index (κ3) is 5.40. The number of halogens is 4. The van der Waals surface area contributed by atoms with Crippen molar-refractivity contribution in [1.82, 2.24) is 4.98 Å². The molecule has 6 nitrogen and oxygen atoms in total. The number of carbonyl (C=O) groups excluding carboxylic acids is 1. The van der Waals surface area contributed by atoms with Crippen LogP contribution in [0.5, 0.6) is 0 Å². The van der Waals surface area contributed by atoms with Crippen LogP contribution >= 0.6 is 11.6 Å². The van der Waals surface area contributed by atoms with Crippen LogP contribution in [-0.4, -0.2) is 37.2 Å². The number of anilines is 3. The van der Waals surface area contributed by atoms with Crippen molar-refractivity contribution in [3.05, 3.63) is 59.1 Å². The van der Waals surface area contributed by atoms with Gasteiger partial charge in [0.2, 0.25) is 0 Å². The molecule has 3 aromatic rings. The van der Waals surface area contributed by atoms with E-state index in [0.29, 0.717) is 25.7 Å². The average molecular weight is 506 g/mol. The van der Waals surface area contributed by atoms with Gasteiger partial charge in [-0.25, -0.2) is 9.78 Å². The molecule has 1 fully saturated rings. The summed E-state index contributed by atoms with van der Waals surface area (Å²) in [6.45, 7) is 0. The van der Waals surface area contributed by atoms with E-state index in [9.17, 15) is 18.0 Å².